The summed E-state index contributed by atoms with van der Waals surface area (Å²) in [6.07, 6.45) is 14.8. The van der Waals surface area contributed by atoms with Crippen LogP contribution in [-0.4, -0.2) is 56.6 Å². The van der Waals surface area contributed by atoms with Crippen molar-refractivity contribution in [1.82, 2.24) is 0 Å². The molecule has 10 heteroatoms. The molecule has 2 heterocycles. The molecule has 0 bridgehead atoms. The van der Waals surface area contributed by atoms with Crippen molar-refractivity contribution in [3.63, 3.8) is 0 Å². The van der Waals surface area contributed by atoms with Crippen LogP contribution in [0.3, 0.4) is 0 Å². The van der Waals surface area contributed by atoms with Gasteiger partial charge in [0.1, 0.15) is 0 Å². The van der Waals surface area contributed by atoms with Crippen molar-refractivity contribution < 1.29 is 25.9 Å². The third-order valence-electron chi connectivity index (χ3n) is 11.0. The number of benzene rings is 4. The van der Waals surface area contributed by atoms with Crippen molar-refractivity contribution in [1.29, 1.82) is 0 Å². The van der Waals surface area contributed by atoms with Gasteiger partial charge in [-0.15, -0.1) is 0 Å². The van der Waals surface area contributed by atoms with Gasteiger partial charge >= 0.3 is 0 Å². The average Bonchev–Trinajstić information content (AvgIpc) is 3.45. The van der Waals surface area contributed by atoms with Crippen LogP contribution >= 0.6 is 0 Å². The summed E-state index contributed by atoms with van der Waals surface area (Å²) in [5, 5.41) is 4.84. The summed E-state index contributed by atoms with van der Waals surface area (Å²) in [6, 6.07) is 25.6. The number of allylic oxidation sites excluding steroid dienone is 5. The molecule has 282 valence electrons. The minimum Gasteiger partial charge on any atom is -0.364 e. The maximum atomic E-state index is 11.4. The molecule has 0 saturated heterocycles. The maximum Gasteiger partial charge on any atom is 0.264 e. The Morgan fingerprint density at radius 2 is 1.21 bits per heavy atom. The van der Waals surface area contributed by atoms with E-state index in [9.17, 15) is 25.9 Å². The molecule has 6 rings (SSSR count). The van der Waals surface area contributed by atoms with Crippen LogP contribution < -0.4 is 9.80 Å². The highest BCUT2D eigenvalue weighted by atomic mass is 32.2. The number of unbranched alkanes of at least 4 members (excludes halogenated alkanes) is 3. The Morgan fingerprint density at radius 1 is 0.660 bits per heavy atom. The van der Waals surface area contributed by atoms with Gasteiger partial charge in [0.05, 0.1) is 17.5 Å². The average molecular weight is 757 g/mol. The summed E-state index contributed by atoms with van der Waals surface area (Å²) in [4.78, 5) is 4.71. The Bertz CT molecular complexity index is 2290. The number of fused-ring (bicyclic) bond motifs is 6. The Kier molecular flexibility index (Phi) is 11.3. The lowest BCUT2D eigenvalue weighted by molar-refractivity contribution is 0.467. The van der Waals surface area contributed by atoms with Crippen molar-refractivity contribution in [2.24, 2.45) is 0 Å². The molecule has 2 aliphatic heterocycles. The van der Waals surface area contributed by atoms with E-state index in [1.54, 1.807) is 0 Å². The molecule has 2 N–H and O–H groups in total. The summed E-state index contributed by atoms with van der Waals surface area (Å²) in [7, 11) is -7.99. The van der Waals surface area contributed by atoms with Gasteiger partial charge in [0.25, 0.3) is 20.2 Å². The van der Waals surface area contributed by atoms with E-state index in [4.69, 9.17) is 0 Å². The third kappa shape index (κ3) is 8.41. The van der Waals surface area contributed by atoms with E-state index in [1.807, 2.05) is 0 Å². The van der Waals surface area contributed by atoms with Gasteiger partial charge in [-0.2, -0.15) is 16.8 Å². The monoisotopic (exact) mass is 756 g/mol. The summed E-state index contributed by atoms with van der Waals surface area (Å²) in [5.41, 5.74) is 5.58. The molecule has 4 aromatic rings. The first-order valence-corrected chi connectivity index (χ1v) is 21.8. The summed E-state index contributed by atoms with van der Waals surface area (Å²) >= 11 is 0. The highest BCUT2D eigenvalue weighted by molar-refractivity contribution is 7.86. The van der Waals surface area contributed by atoms with Crippen molar-refractivity contribution in [3.05, 3.63) is 120 Å². The van der Waals surface area contributed by atoms with Crippen LogP contribution in [0.5, 0.6) is 0 Å². The van der Waals surface area contributed by atoms with Crippen molar-refractivity contribution in [2.75, 3.05) is 34.4 Å². The topological polar surface area (TPSA) is 115 Å². The van der Waals surface area contributed by atoms with E-state index >= 15 is 0 Å². The lowest BCUT2D eigenvalue weighted by Gasteiger charge is -2.32. The van der Waals surface area contributed by atoms with Gasteiger partial charge in [0.2, 0.25) is 0 Å². The number of hydrogen-bond donors (Lipinski definition) is 2. The van der Waals surface area contributed by atoms with Crippen molar-refractivity contribution >= 4 is 53.2 Å². The van der Waals surface area contributed by atoms with E-state index < -0.39 is 20.2 Å². The fourth-order valence-corrected chi connectivity index (χ4v) is 9.68. The first kappa shape index (κ1) is 38.8. The van der Waals surface area contributed by atoms with Gasteiger partial charge in [0.15, 0.2) is 0 Å². The standard InChI is InChI=1S/C43H52N2O6S2/c1-42(2)38(44(28-14-16-30-52(46,47)48)36-26-24-32-18-10-12-20-34(32)40(36)42)22-8-6-5-7-9-23-39-43(3,4)41-35-21-13-11-19-33(35)25-27-37(41)45(39)29-15-17-31-53(49,50)51/h6,8-13,18-27,39H,5,7,14-17,28-31H2,1-4H3,(H,46,47,48)(H,49,50,51). The minimum atomic E-state index is -4.00. The van der Waals surface area contributed by atoms with Crippen LogP contribution in [0, 0.1) is 0 Å². The van der Waals surface area contributed by atoms with Crippen LogP contribution in [0.2, 0.25) is 0 Å². The summed E-state index contributed by atoms with van der Waals surface area (Å²) in [5.74, 6) is -0.475. The Hall–Kier alpha value is -3.96. The molecule has 53 heavy (non-hydrogen) atoms. The zero-order valence-corrected chi connectivity index (χ0v) is 32.8. The van der Waals surface area contributed by atoms with Crippen LogP contribution in [0.25, 0.3) is 21.5 Å². The molecule has 1 unspecified atom stereocenters. The van der Waals surface area contributed by atoms with Crippen LogP contribution in [0.4, 0.5) is 11.4 Å². The normalized spacial score (nSPS) is 19.0. The predicted octanol–water partition coefficient (Wildman–Crippen LogP) is 9.37. The fraction of sp³-hybridized carbons (Fsp3) is 0.395. The molecule has 4 aromatic carbocycles. The number of nitrogens with zero attached hydrogens (tertiary/aromatic N) is 2. The van der Waals surface area contributed by atoms with Gasteiger partial charge in [-0.3, -0.25) is 9.11 Å². The SMILES string of the molecule is CC1(C)C(=CC=CCCC=CC2N(CCCCS(=O)(=O)O)c3ccc4ccccc4c3C2(C)C)N(CCCCS(=O)(=O)O)c2ccc3ccccc3c21. The van der Waals surface area contributed by atoms with Gasteiger partial charge in [-0.05, 0) is 89.4 Å². The lowest BCUT2D eigenvalue weighted by Crippen LogP contribution is -2.40. The zero-order chi connectivity index (χ0) is 38.0. The zero-order valence-electron chi connectivity index (χ0n) is 31.2. The molecule has 0 saturated carbocycles. The number of rotatable bonds is 15. The van der Waals surface area contributed by atoms with Crippen molar-refractivity contribution in [3.8, 4) is 0 Å². The summed E-state index contributed by atoms with van der Waals surface area (Å²) < 4.78 is 64.1. The second kappa shape index (κ2) is 15.4. The molecule has 1 atom stereocenters. The molecule has 0 amide bonds. The molecule has 0 radical (unpaired) electrons. The van der Waals surface area contributed by atoms with Gasteiger partial charge in [0, 0.05) is 41.0 Å². The van der Waals surface area contributed by atoms with Crippen molar-refractivity contribution in [2.45, 2.75) is 83.1 Å². The second-order valence-corrected chi connectivity index (χ2v) is 18.6. The van der Waals surface area contributed by atoms with Gasteiger partial charge in [-0.25, -0.2) is 0 Å². The third-order valence-corrected chi connectivity index (χ3v) is 12.6. The number of anilines is 2. The Labute approximate surface area is 315 Å². The molecule has 0 aromatic heterocycles. The molecule has 0 fully saturated rings. The molecule has 2 aliphatic rings. The lowest BCUT2D eigenvalue weighted by atomic mass is 9.78. The predicted molar refractivity (Wildman–Crippen MR) is 219 cm³/mol. The largest absolute Gasteiger partial charge is 0.364 e. The highest BCUT2D eigenvalue weighted by Crippen LogP contribution is 2.51. The smallest absolute Gasteiger partial charge is 0.264 e. The Balaban J connectivity index is 1.19. The van der Waals surface area contributed by atoms with E-state index in [0.29, 0.717) is 38.8 Å². The van der Waals surface area contributed by atoms with Crippen LogP contribution in [0.1, 0.15) is 77.3 Å². The van der Waals surface area contributed by atoms with Gasteiger partial charge in [-0.1, -0.05) is 113 Å². The first-order valence-electron chi connectivity index (χ1n) is 18.6. The van der Waals surface area contributed by atoms with E-state index in [2.05, 4.69) is 141 Å². The van der Waals surface area contributed by atoms with E-state index in [0.717, 1.165) is 24.2 Å². The van der Waals surface area contributed by atoms with E-state index in [1.165, 1.54) is 38.4 Å². The van der Waals surface area contributed by atoms with E-state index in [-0.39, 0.29) is 28.4 Å². The molecule has 0 spiro atoms. The molecule has 0 aliphatic carbocycles. The maximum absolute atomic E-state index is 11.4. The molecular formula is C43H52N2O6S2. The van der Waals surface area contributed by atoms with Crippen LogP contribution in [-0.2, 0) is 31.1 Å². The Morgan fingerprint density at radius 3 is 1.83 bits per heavy atom. The molecule has 8 nitrogen and oxygen atoms in total. The second-order valence-electron chi connectivity index (χ2n) is 15.5. The highest BCUT2D eigenvalue weighted by Gasteiger charge is 2.44. The number of hydrogen-bond acceptors (Lipinski definition) is 6. The molecular weight excluding hydrogens is 705 g/mol. The quantitative estimate of drug-likeness (QED) is 0.0701. The van der Waals surface area contributed by atoms with Crippen LogP contribution in [0.15, 0.2) is 109 Å². The minimum absolute atomic E-state index is 0.0853. The summed E-state index contributed by atoms with van der Waals surface area (Å²) in [6.45, 7) is 10.4. The fourth-order valence-electron chi connectivity index (χ4n) is 8.54. The van der Waals surface area contributed by atoms with Gasteiger partial charge < -0.3 is 9.80 Å². The first-order chi connectivity index (χ1) is 25.1.